The van der Waals surface area contributed by atoms with Crippen LogP contribution < -0.4 is 14.9 Å². The number of unbranched alkanes of at least 4 members (excludes halogenated alkanes) is 24. The molecule has 1 aromatic heterocycles. The summed E-state index contributed by atoms with van der Waals surface area (Å²) in [6, 6.07) is 6.81. The van der Waals surface area contributed by atoms with Gasteiger partial charge >= 0.3 is 29.8 Å². The van der Waals surface area contributed by atoms with Crippen molar-refractivity contribution in [2.75, 3.05) is 0 Å². The maximum atomic E-state index is 14.1. The second-order valence-electron chi connectivity index (χ2n) is 17.7. The van der Waals surface area contributed by atoms with Crippen LogP contribution in [-0.4, -0.2) is 45.2 Å². The van der Waals surface area contributed by atoms with Crippen molar-refractivity contribution < 1.29 is 53.2 Å². The van der Waals surface area contributed by atoms with Gasteiger partial charge in [0.1, 0.15) is 11.3 Å². The van der Waals surface area contributed by atoms with Crippen molar-refractivity contribution in [2.45, 2.75) is 213 Å². The summed E-state index contributed by atoms with van der Waals surface area (Å²) >= 11 is 0. The van der Waals surface area contributed by atoms with Crippen molar-refractivity contribution in [1.29, 1.82) is 0 Å². The molecule has 2 aromatic carbocycles. The van der Waals surface area contributed by atoms with Gasteiger partial charge in [-0.25, -0.2) is 0 Å². The predicted molar refractivity (Wildman–Crippen MR) is 254 cm³/mol. The third-order valence-corrected chi connectivity index (χ3v) is 11.9. The second-order valence-corrected chi connectivity index (χ2v) is 17.7. The lowest BCUT2D eigenvalue weighted by Gasteiger charge is -2.15. The molecule has 3 aromatic rings. The molecule has 0 aliphatic carbocycles. The number of carbonyl (C=O) groups is 5. The van der Waals surface area contributed by atoms with E-state index in [-0.39, 0.29) is 63.3 Å². The van der Waals surface area contributed by atoms with Gasteiger partial charge in [-0.05, 0) is 48.2 Å². The van der Waals surface area contributed by atoms with Crippen LogP contribution in [0.4, 0.5) is 0 Å². The first-order valence-electron chi connectivity index (χ1n) is 24.8. The van der Waals surface area contributed by atoms with Gasteiger partial charge in [-0.2, -0.15) is 0 Å². The fourth-order valence-corrected chi connectivity index (χ4v) is 8.36. The standard InChI is InChI=1S/C53H76O12/c1-3-5-7-9-11-13-15-17-19-21-23-25-27-29-49(60)63-43-32-31-40(36-44(43)64-50(61)30-28-26-24-22-20-18-16-14-12-10-8-6-4-2)53-42(38-48(58)59)52(62)51-41(37-47(56)57)33-39(35-46(54)55)34-45(51)65-53/h31-34,36H,3-30,35,37-38H2,1-2H3,(H,54,55)(H,56,57)(H,58,59). The Balaban J connectivity index is 1.76. The fourth-order valence-electron chi connectivity index (χ4n) is 8.36. The molecule has 3 rings (SSSR count). The van der Waals surface area contributed by atoms with Gasteiger partial charge in [-0.15, -0.1) is 0 Å². The maximum absolute atomic E-state index is 14.1. The molecule has 0 spiro atoms. The molecule has 360 valence electrons. The summed E-state index contributed by atoms with van der Waals surface area (Å²) in [4.78, 5) is 76.0. The number of esters is 2. The number of ether oxygens (including phenoxy) is 2. The number of carboxylic acids is 3. The summed E-state index contributed by atoms with van der Waals surface area (Å²) < 4.78 is 17.7. The zero-order valence-corrected chi connectivity index (χ0v) is 39.3. The van der Waals surface area contributed by atoms with Crippen molar-refractivity contribution in [3.05, 3.63) is 57.2 Å². The van der Waals surface area contributed by atoms with Crippen LogP contribution in [0.2, 0.25) is 0 Å². The Bertz CT molecular complexity index is 2000. The number of benzene rings is 2. The highest BCUT2D eigenvalue weighted by molar-refractivity contribution is 5.90. The van der Waals surface area contributed by atoms with Crippen LogP contribution in [0.1, 0.15) is 210 Å². The molecule has 3 N–H and O–H groups in total. The van der Waals surface area contributed by atoms with Gasteiger partial charge in [0.05, 0.1) is 30.2 Å². The molecule has 0 unspecified atom stereocenters. The van der Waals surface area contributed by atoms with Crippen LogP contribution in [0.25, 0.3) is 22.3 Å². The van der Waals surface area contributed by atoms with E-state index in [4.69, 9.17) is 13.9 Å². The van der Waals surface area contributed by atoms with Crippen LogP contribution in [0.5, 0.6) is 11.5 Å². The van der Waals surface area contributed by atoms with Crippen molar-refractivity contribution in [1.82, 2.24) is 0 Å². The number of rotatable bonds is 37. The Morgan fingerprint density at radius 3 is 1.34 bits per heavy atom. The number of carboxylic acid groups (broad SMARTS) is 3. The third-order valence-electron chi connectivity index (χ3n) is 11.9. The van der Waals surface area contributed by atoms with Crippen LogP contribution in [0.15, 0.2) is 39.5 Å². The first kappa shape index (κ1) is 54.3. The number of hydrogen-bond acceptors (Lipinski definition) is 9. The Hall–Kier alpha value is -5.00. The minimum absolute atomic E-state index is 0.0215. The van der Waals surface area contributed by atoms with Crippen LogP contribution in [-0.2, 0) is 43.2 Å². The van der Waals surface area contributed by atoms with E-state index >= 15 is 0 Å². The molecule has 65 heavy (non-hydrogen) atoms. The van der Waals surface area contributed by atoms with Crippen LogP contribution in [0, 0.1) is 0 Å². The van der Waals surface area contributed by atoms with Crippen LogP contribution in [0.3, 0.4) is 0 Å². The third kappa shape index (κ3) is 21.7. The molecule has 12 heteroatoms. The molecule has 0 amide bonds. The lowest BCUT2D eigenvalue weighted by atomic mass is 9.96. The van der Waals surface area contributed by atoms with Crippen molar-refractivity contribution >= 4 is 40.8 Å². The van der Waals surface area contributed by atoms with Gasteiger partial charge in [0.25, 0.3) is 0 Å². The fraction of sp³-hybridized carbons (Fsp3) is 0.623. The second kappa shape index (κ2) is 31.8. The number of carbonyl (C=O) groups excluding carboxylic acids is 2. The van der Waals surface area contributed by atoms with E-state index < -0.39 is 54.5 Å². The summed E-state index contributed by atoms with van der Waals surface area (Å²) in [5, 5.41) is 28.8. The Morgan fingerprint density at radius 2 is 0.908 bits per heavy atom. The van der Waals surface area contributed by atoms with Gasteiger partial charge in [-0.3, -0.25) is 28.8 Å². The summed E-state index contributed by atoms with van der Waals surface area (Å²) in [7, 11) is 0. The summed E-state index contributed by atoms with van der Waals surface area (Å²) in [6.07, 6.45) is 28.5. The molecule has 1 heterocycles. The molecule has 0 aliphatic heterocycles. The van der Waals surface area contributed by atoms with Crippen molar-refractivity contribution in [2.24, 2.45) is 0 Å². The SMILES string of the molecule is CCCCCCCCCCCCCCCC(=O)Oc1ccc(-c2oc3cc(CC(=O)O)cc(CC(=O)O)c3c(=O)c2CC(=O)O)cc1OC(=O)CCCCCCCCCCCCCCC. The van der Waals surface area contributed by atoms with E-state index in [1.165, 1.54) is 139 Å². The van der Waals surface area contributed by atoms with E-state index in [1.807, 2.05) is 0 Å². The van der Waals surface area contributed by atoms with E-state index in [0.29, 0.717) is 12.8 Å². The van der Waals surface area contributed by atoms with Crippen LogP contribution >= 0.6 is 0 Å². The van der Waals surface area contributed by atoms with E-state index in [0.717, 1.165) is 44.9 Å². The minimum atomic E-state index is -1.36. The smallest absolute Gasteiger partial charge is 0.311 e. The van der Waals surface area contributed by atoms with E-state index in [1.54, 1.807) is 0 Å². The van der Waals surface area contributed by atoms with Gasteiger partial charge in [-0.1, -0.05) is 174 Å². The maximum Gasteiger partial charge on any atom is 0.311 e. The Labute approximate surface area is 385 Å². The molecule has 0 saturated carbocycles. The number of aliphatic carboxylic acids is 3. The topological polar surface area (TPSA) is 195 Å². The zero-order valence-electron chi connectivity index (χ0n) is 39.3. The molecular weight excluding hydrogens is 829 g/mol. The molecule has 12 nitrogen and oxygen atoms in total. The van der Waals surface area contributed by atoms with E-state index in [9.17, 15) is 44.1 Å². The Kier molecular flexibility index (Phi) is 26.6. The quantitative estimate of drug-likeness (QED) is 0.0282. The molecule has 0 bridgehead atoms. The highest BCUT2D eigenvalue weighted by Crippen LogP contribution is 2.36. The summed E-state index contributed by atoms with van der Waals surface area (Å²) in [6.45, 7) is 4.46. The molecule has 0 radical (unpaired) electrons. The lowest BCUT2D eigenvalue weighted by molar-refractivity contribution is -0.137. The highest BCUT2D eigenvalue weighted by Gasteiger charge is 2.24. The monoisotopic (exact) mass is 905 g/mol. The van der Waals surface area contributed by atoms with Gasteiger partial charge < -0.3 is 29.2 Å². The normalized spacial score (nSPS) is 11.2. The van der Waals surface area contributed by atoms with Gasteiger partial charge in [0.15, 0.2) is 16.9 Å². The highest BCUT2D eigenvalue weighted by atomic mass is 16.6. The summed E-state index contributed by atoms with van der Waals surface area (Å²) in [5.74, 6) is -5.23. The largest absolute Gasteiger partial charge is 0.481 e. The first-order chi connectivity index (χ1) is 31.4. The minimum Gasteiger partial charge on any atom is -0.481 e. The Morgan fingerprint density at radius 1 is 0.492 bits per heavy atom. The predicted octanol–water partition coefficient (Wildman–Crippen LogP) is 13.1. The molecule has 0 fully saturated rings. The van der Waals surface area contributed by atoms with E-state index in [2.05, 4.69) is 13.8 Å². The van der Waals surface area contributed by atoms with Crippen molar-refractivity contribution in [3.63, 3.8) is 0 Å². The molecule has 0 aliphatic rings. The average molecular weight is 905 g/mol. The number of fused-ring (bicyclic) bond motifs is 1. The summed E-state index contributed by atoms with van der Waals surface area (Å²) in [5.41, 5.74) is -0.941. The lowest BCUT2D eigenvalue weighted by Crippen LogP contribution is -2.18. The number of hydrogen-bond donors (Lipinski definition) is 3. The molecular formula is C53H76O12. The average Bonchev–Trinajstić information content (AvgIpc) is 3.25. The molecule has 0 atom stereocenters. The van der Waals surface area contributed by atoms with Gasteiger partial charge in [0.2, 0.25) is 0 Å². The first-order valence-corrected chi connectivity index (χ1v) is 24.8. The van der Waals surface area contributed by atoms with Gasteiger partial charge in [0, 0.05) is 18.4 Å². The molecule has 0 saturated heterocycles. The zero-order chi connectivity index (χ0) is 47.2. The van der Waals surface area contributed by atoms with Crippen molar-refractivity contribution in [3.8, 4) is 22.8 Å².